The first-order chi connectivity index (χ1) is 17.9. The van der Waals surface area contributed by atoms with E-state index in [1.807, 2.05) is 12.1 Å². The van der Waals surface area contributed by atoms with Crippen LogP contribution in [0.15, 0.2) is 86.7 Å². The first kappa shape index (κ1) is 29.1. The molecule has 0 aromatic heterocycles. The van der Waals surface area contributed by atoms with E-state index >= 15 is 0 Å². The molecule has 1 aliphatic heterocycles. The quantitative estimate of drug-likeness (QED) is 0.190. The van der Waals surface area contributed by atoms with E-state index in [0.717, 1.165) is 9.80 Å². The first-order valence-corrected chi connectivity index (χ1v) is 14.0. The van der Waals surface area contributed by atoms with E-state index in [-0.39, 0.29) is 5.69 Å². The molecule has 0 N–H and O–H groups in total. The number of nitrogens with zero attached hydrogens (tertiary/aromatic N) is 4. The zero-order valence-corrected chi connectivity index (χ0v) is 25.5. The molecule has 0 saturated carbocycles. The molecule has 3 aromatic carbocycles. The van der Waals surface area contributed by atoms with E-state index in [1.165, 1.54) is 31.3 Å². The molecule has 3 aromatic rings. The third kappa shape index (κ3) is 5.69. The van der Waals surface area contributed by atoms with Gasteiger partial charge in [0, 0.05) is 16.0 Å². The van der Waals surface area contributed by atoms with Gasteiger partial charge in [0.1, 0.15) is 17.4 Å². The predicted molar refractivity (Wildman–Crippen MR) is 159 cm³/mol. The molecule has 4 rings (SSSR count). The first-order valence-electron chi connectivity index (χ1n) is 10.9. The van der Waals surface area contributed by atoms with Crippen molar-refractivity contribution in [2.45, 2.75) is 15.3 Å². The summed E-state index contributed by atoms with van der Waals surface area (Å²) in [5, 5.41) is -1.37. The summed E-state index contributed by atoms with van der Waals surface area (Å²) >= 11 is 32.7. The lowest BCUT2D eigenvalue weighted by molar-refractivity contribution is -0.119. The number of urea groups is 1. The van der Waals surface area contributed by atoms with Gasteiger partial charge in [-0.25, -0.2) is 19.1 Å². The molecule has 1 heterocycles. The lowest BCUT2D eigenvalue weighted by Gasteiger charge is -2.37. The molecule has 3 amide bonds. The number of amides is 3. The summed E-state index contributed by atoms with van der Waals surface area (Å²) in [6.45, 7) is 0. The Hall–Kier alpha value is -1.88. The number of para-hydroxylation sites is 3. The van der Waals surface area contributed by atoms with E-state index in [0.29, 0.717) is 20.3 Å². The van der Waals surface area contributed by atoms with Crippen LogP contribution in [0, 0.1) is 5.82 Å². The fraction of sp³-hybridized carbons (Fsp3) is 0.160. The zero-order valence-electron chi connectivity index (χ0n) is 19.3. The van der Waals surface area contributed by atoms with Gasteiger partial charge >= 0.3 is 6.03 Å². The van der Waals surface area contributed by atoms with Crippen LogP contribution in [-0.2, 0) is 4.79 Å². The topological polar surface area (TPSA) is 56.2 Å². The van der Waals surface area contributed by atoms with Crippen LogP contribution in [0.4, 0.5) is 26.2 Å². The number of hydrogen-bond acceptors (Lipinski definition) is 4. The van der Waals surface area contributed by atoms with Gasteiger partial charge in [-0.1, -0.05) is 71.2 Å². The van der Waals surface area contributed by atoms with E-state index < -0.39 is 38.9 Å². The third-order valence-electron chi connectivity index (χ3n) is 5.60. The SMILES string of the molecule is CN1C(=O)C(=NC(C(Cl)C(Cl)(Cl)Cl)N(c2ccccc2Br)c2ccccc2Br)N(c2ccccc2F)C1=O. The largest absolute Gasteiger partial charge is 0.337 e. The van der Waals surface area contributed by atoms with E-state index in [2.05, 4.69) is 36.9 Å². The van der Waals surface area contributed by atoms with Gasteiger partial charge in [-0.15, -0.1) is 11.6 Å². The Morgan fingerprint density at radius 3 is 1.89 bits per heavy atom. The van der Waals surface area contributed by atoms with E-state index in [4.69, 9.17) is 46.4 Å². The average molecular weight is 726 g/mol. The summed E-state index contributed by atoms with van der Waals surface area (Å²) in [4.78, 5) is 34.4. The minimum absolute atomic E-state index is 0.166. The fourth-order valence-electron chi connectivity index (χ4n) is 3.79. The molecule has 1 aliphatic rings. The van der Waals surface area contributed by atoms with Crippen molar-refractivity contribution >= 4 is 113 Å². The van der Waals surface area contributed by atoms with Gasteiger partial charge in [0.15, 0.2) is 0 Å². The Morgan fingerprint density at radius 2 is 1.39 bits per heavy atom. The Bertz CT molecular complexity index is 1380. The van der Waals surface area contributed by atoms with Gasteiger partial charge in [-0.2, -0.15) is 0 Å². The maximum Gasteiger partial charge on any atom is 0.337 e. The molecule has 13 heteroatoms. The second-order valence-electron chi connectivity index (χ2n) is 8.02. The number of carbonyl (C=O) groups is 2. The van der Waals surface area contributed by atoms with Crippen molar-refractivity contribution in [3.63, 3.8) is 0 Å². The minimum atomic E-state index is -2.07. The van der Waals surface area contributed by atoms with Crippen LogP contribution >= 0.6 is 78.3 Å². The molecule has 0 radical (unpaired) electrons. The summed E-state index contributed by atoms with van der Waals surface area (Å²) < 4.78 is 14.0. The number of imide groups is 1. The Morgan fingerprint density at radius 1 is 0.895 bits per heavy atom. The van der Waals surface area contributed by atoms with Crippen molar-refractivity contribution in [3.05, 3.63) is 87.6 Å². The maximum absolute atomic E-state index is 14.8. The smallest absolute Gasteiger partial charge is 0.315 e. The van der Waals surface area contributed by atoms with Crippen LogP contribution < -0.4 is 9.80 Å². The van der Waals surface area contributed by atoms with Crippen LogP contribution in [0.25, 0.3) is 0 Å². The second kappa shape index (κ2) is 11.7. The molecule has 2 unspecified atom stereocenters. The summed E-state index contributed by atoms with van der Waals surface area (Å²) in [7, 11) is 1.27. The zero-order chi connectivity index (χ0) is 27.8. The normalized spacial score (nSPS) is 16.8. The standard InChI is InChI=1S/C25H17Br2Cl4FN4O2/c1-34-23(37)22(36(24(34)38)19-13-7-4-10-16(19)32)33-21(20(28)25(29,30)31)35(17-11-5-2-8-14(17)26)18-12-6-3-9-15(18)27/h2-13,20-21H,1H3. The Balaban J connectivity index is 2.01. The Labute approximate surface area is 255 Å². The summed E-state index contributed by atoms with van der Waals surface area (Å²) in [5.74, 6) is -1.90. The van der Waals surface area contributed by atoms with Gasteiger partial charge in [0.25, 0.3) is 5.91 Å². The van der Waals surface area contributed by atoms with Crippen molar-refractivity contribution in [1.82, 2.24) is 4.90 Å². The number of benzene rings is 3. The number of amidine groups is 1. The van der Waals surface area contributed by atoms with Gasteiger partial charge in [-0.05, 0) is 68.3 Å². The molecule has 0 aliphatic carbocycles. The van der Waals surface area contributed by atoms with E-state index in [1.54, 1.807) is 41.3 Å². The fourth-order valence-corrected chi connectivity index (χ4v) is 5.25. The van der Waals surface area contributed by atoms with Gasteiger partial charge in [0.05, 0.1) is 17.1 Å². The Kier molecular flexibility index (Phi) is 8.96. The number of carbonyl (C=O) groups excluding carboxylic acids is 2. The highest BCUT2D eigenvalue weighted by molar-refractivity contribution is 9.11. The molecular weight excluding hydrogens is 709 g/mol. The highest BCUT2D eigenvalue weighted by Crippen LogP contribution is 2.44. The van der Waals surface area contributed by atoms with Crippen LogP contribution in [0.3, 0.4) is 0 Å². The minimum Gasteiger partial charge on any atom is -0.315 e. The van der Waals surface area contributed by atoms with Crippen molar-refractivity contribution in [3.8, 4) is 0 Å². The summed E-state index contributed by atoms with van der Waals surface area (Å²) in [6.07, 6.45) is -1.28. The van der Waals surface area contributed by atoms with Crippen molar-refractivity contribution < 1.29 is 14.0 Å². The molecular formula is C25H17Br2Cl4FN4O2. The third-order valence-corrected chi connectivity index (χ3v) is 8.53. The number of rotatable bonds is 6. The number of anilines is 3. The maximum atomic E-state index is 14.8. The second-order valence-corrected chi connectivity index (χ2v) is 12.6. The van der Waals surface area contributed by atoms with Crippen molar-refractivity contribution in [2.75, 3.05) is 16.8 Å². The molecule has 0 spiro atoms. The lowest BCUT2D eigenvalue weighted by atomic mass is 10.2. The highest BCUT2D eigenvalue weighted by Gasteiger charge is 2.47. The number of aliphatic imine (C=N–C) groups is 1. The number of likely N-dealkylation sites (N-methyl/N-ethyl adjacent to an activating group) is 1. The average Bonchev–Trinajstić information content (AvgIpc) is 3.08. The monoisotopic (exact) mass is 722 g/mol. The molecule has 38 heavy (non-hydrogen) atoms. The summed E-state index contributed by atoms with van der Waals surface area (Å²) in [6, 6.07) is 19.1. The molecule has 2 atom stereocenters. The summed E-state index contributed by atoms with van der Waals surface area (Å²) in [5.41, 5.74) is 0.966. The molecule has 198 valence electrons. The van der Waals surface area contributed by atoms with Crippen LogP contribution in [-0.4, -0.2) is 45.1 Å². The molecule has 6 nitrogen and oxygen atoms in total. The predicted octanol–water partition coefficient (Wildman–Crippen LogP) is 8.29. The molecule has 1 saturated heterocycles. The van der Waals surface area contributed by atoms with Gasteiger partial charge in [0.2, 0.25) is 9.63 Å². The highest BCUT2D eigenvalue weighted by atomic mass is 79.9. The van der Waals surface area contributed by atoms with Gasteiger partial charge in [-0.3, -0.25) is 9.69 Å². The van der Waals surface area contributed by atoms with Crippen molar-refractivity contribution in [1.29, 1.82) is 0 Å². The lowest BCUT2D eigenvalue weighted by Crippen LogP contribution is -2.45. The number of hydrogen-bond donors (Lipinski definition) is 0. The van der Waals surface area contributed by atoms with Gasteiger partial charge < -0.3 is 4.90 Å². The van der Waals surface area contributed by atoms with Crippen molar-refractivity contribution in [2.24, 2.45) is 4.99 Å². The number of alkyl halides is 4. The molecule has 1 fully saturated rings. The molecule has 0 bridgehead atoms. The number of halogens is 7. The van der Waals surface area contributed by atoms with Crippen LogP contribution in [0.2, 0.25) is 0 Å². The van der Waals surface area contributed by atoms with Crippen LogP contribution in [0.1, 0.15) is 0 Å². The van der Waals surface area contributed by atoms with Crippen LogP contribution in [0.5, 0.6) is 0 Å². The van der Waals surface area contributed by atoms with E-state index in [9.17, 15) is 14.0 Å².